The largest absolute Gasteiger partial charge is 0.465 e. The number of carbonyl (C=O) groups excluding carboxylic acids is 3. The summed E-state index contributed by atoms with van der Waals surface area (Å²) in [5, 5.41) is 2.83. The first-order valence-electron chi connectivity index (χ1n) is 7.88. The Hall–Kier alpha value is -3.15. The SMILES string of the molecule is COC(=O)c1ccc2c(c1)-c1ccccc1N1C(=O)C(C)(C)C(=O)N21. The summed E-state index contributed by atoms with van der Waals surface area (Å²) in [5.74, 6) is -1.02. The Kier molecular flexibility index (Phi) is 3.03. The Morgan fingerprint density at radius 3 is 2.16 bits per heavy atom. The molecule has 0 bridgehead atoms. The van der Waals surface area contributed by atoms with Crippen LogP contribution in [-0.4, -0.2) is 24.9 Å². The third kappa shape index (κ3) is 1.88. The molecule has 0 aliphatic carbocycles. The highest BCUT2D eigenvalue weighted by Gasteiger charge is 2.55. The lowest BCUT2D eigenvalue weighted by Crippen LogP contribution is -2.43. The van der Waals surface area contributed by atoms with Gasteiger partial charge in [-0.05, 0) is 38.1 Å². The number of nitrogens with zero attached hydrogens (tertiary/aromatic N) is 2. The normalized spacial score (nSPS) is 17.1. The van der Waals surface area contributed by atoms with Crippen LogP contribution < -0.4 is 10.0 Å². The average Bonchev–Trinajstić information content (AvgIpc) is 2.81. The van der Waals surface area contributed by atoms with Gasteiger partial charge >= 0.3 is 5.97 Å². The van der Waals surface area contributed by atoms with E-state index in [9.17, 15) is 14.4 Å². The predicted octanol–water partition coefficient (Wildman–Crippen LogP) is 2.77. The van der Waals surface area contributed by atoms with Gasteiger partial charge in [0.1, 0.15) is 5.41 Å². The van der Waals surface area contributed by atoms with Crippen LogP contribution in [0.25, 0.3) is 11.1 Å². The number of anilines is 2. The van der Waals surface area contributed by atoms with Crippen molar-refractivity contribution in [3.05, 3.63) is 48.0 Å². The third-order valence-electron chi connectivity index (χ3n) is 4.72. The number of para-hydroxylation sites is 1. The van der Waals surface area contributed by atoms with Gasteiger partial charge in [-0.2, -0.15) is 0 Å². The van der Waals surface area contributed by atoms with Gasteiger partial charge in [0.2, 0.25) is 0 Å². The van der Waals surface area contributed by atoms with E-state index in [1.54, 1.807) is 38.1 Å². The minimum absolute atomic E-state index is 0.271. The molecule has 1 fully saturated rings. The van der Waals surface area contributed by atoms with Gasteiger partial charge in [-0.25, -0.2) is 14.8 Å². The molecule has 0 aromatic heterocycles. The number of fused-ring (bicyclic) bond motifs is 6. The second-order valence-corrected chi connectivity index (χ2v) is 6.60. The summed E-state index contributed by atoms with van der Waals surface area (Å²) in [5.41, 5.74) is 1.96. The zero-order valence-corrected chi connectivity index (χ0v) is 14.1. The molecule has 2 heterocycles. The highest BCUT2D eigenvalue weighted by molar-refractivity contribution is 6.28. The maximum Gasteiger partial charge on any atom is 0.337 e. The molecule has 0 spiro atoms. The molecule has 0 unspecified atom stereocenters. The molecule has 2 aliphatic heterocycles. The molecule has 0 radical (unpaired) electrons. The van der Waals surface area contributed by atoms with Crippen LogP contribution in [0, 0.1) is 5.41 Å². The number of methoxy groups -OCH3 is 1. The minimum atomic E-state index is -1.14. The lowest BCUT2D eigenvalue weighted by Gasteiger charge is -2.35. The van der Waals surface area contributed by atoms with Crippen molar-refractivity contribution < 1.29 is 19.1 Å². The van der Waals surface area contributed by atoms with Gasteiger partial charge in [0.05, 0.1) is 24.0 Å². The summed E-state index contributed by atoms with van der Waals surface area (Å²) in [7, 11) is 1.32. The number of amides is 2. The molecular weight excluding hydrogens is 320 g/mol. The van der Waals surface area contributed by atoms with E-state index in [1.165, 1.54) is 17.1 Å². The highest BCUT2D eigenvalue weighted by atomic mass is 16.5. The minimum Gasteiger partial charge on any atom is -0.465 e. The fourth-order valence-electron chi connectivity index (χ4n) is 3.30. The molecule has 0 N–H and O–H groups in total. The monoisotopic (exact) mass is 336 g/mol. The van der Waals surface area contributed by atoms with Crippen molar-refractivity contribution in [3.63, 3.8) is 0 Å². The first kappa shape index (κ1) is 15.4. The van der Waals surface area contributed by atoms with Crippen molar-refractivity contribution in [1.82, 2.24) is 0 Å². The topological polar surface area (TPSA) is 66.9 Å². The van der Waals surface area contributed by atoms with Gasteiger partial charge in [-0.1, -0.05) is 18.2 Å². The lowest BCUT2D eigenvalue weighted by atomic mass is 9.93. The van der Waals surface area contributed by atoms with E-state index >= 15 is 0 Å². The van der Waals surface area contributed by atoms with Crippen LogP contribution in [0.3, 0.4) is 0 Å². The van der Waals surface area contributed by atoms with E-state index < -0.39 is 11.4 Å². The molecule has 2 aromatic rings. The molecule has 2 amide bonds. The summed E-state index contributed by atoms with van der Waals surface area (Å²) in [4.78, 5) is 37.6. The Labute approximate surface area is 144 Å². The fraction of sp³-hybridized carbons (Fsp3) is 0.211. The maximum atomic E-state index is 12.9. The molecule has 0 saturated carbocycles. The molecule has 6 nitrogen and oxygen atoms in total. The lowest BCUT2D eigenvalue weighted by molar-refractivity contribution is -0.132. The van der Waals surface area contributed by atoms with Crippen LogP contribution in [0.2, 0.25) is 0 Å². The van der Waals surface area contributed by atoms with Crippen molar-refractivity contribution in [2.24, 2.45) is 5.41 Å². The number of hydrogen-bond acceptors (Lipinski definition) is 4. The highest BCUT2D eigenvalue weighted by Crippen LogP contribution is 2.49. The first-order chi connectivity index (χ1) is 11.9. The molecule has 4 rings (SSSR count). The molecule has 1 saturated heterocycles. The molecular formula is C19H16N2O4. The van der Waals surface area contributed by atoms with Crippen LogP contribution in [0.15, 0.2) is 42.5 Å². The first-order valence-corrected chi connectivity index (χ1v) is 7.88. The average molecular weight is 336 g/mol. The van der Waals surface area contributed by atoms with Crippen molar-refractivity contribution >= 4 is 29.2 Å². The number of ether oxygens (including phenoxy) is 1. The molecule has 2 aliphatic rings. The Bertz CT molecular complexity index is 948. The molecule has 2 aromatic carbocycles. The Morgan fingerprint density at radius 2 is 1.52 bits per heavy atom. The van der Waals surface area contributed by atoms with Gasteiger partial charge in [0.15, 0.2) is 0 Å². The van der Waals surface area contributed by atoms with E-state index in [1.807, 2.05) is 18.2 Å². The standard InChI is InChI=1S/C19H16N2O4/c1-19(2)17(23)20-14-7-5-4-6-12(14)13-10-11(16(22)25-3)8-9-15(13)21(20)18(19)24/h4-10H,1-3H3. The van der Waals surface area contributed by atoms with E-state index in [-0.39, 0.29) is 11.8 Å². The van der Waals surface area contributed by atoms with E-state index in [4.69, 9.17) is 4.74 Å². The second-order valence-electron chi connectivity index (χ2n) is 6.60. The molecule has 126 valence electrons. The fourth-order valence-corrected chi connectivity index (χ4v) is 3.30. The summed E-state index contributed by atoms with van der Waals surface area (Å²) in [6, 6.07) is 12.3. The summed E-state index contributed by atoms with van der Waals surface area (Å²) in [6.07, 6.45) is 0. The van der Waals surface area contributed by atoms with Crippen molar-refractivity contribution in [2.45, 2.75) is 13.8 Å². The summed E-state index contributed by atoms with van der Waals surface area (Å²) < 4.78 is 4.79. The van der Waals surface area contributed by atoms with Crippen molar-refractivity contribution in [1.29, 1.82) is 0 Å². The van der Waals surface area contributed by atoms with Crippen LogP contribution in [0.4, 0.5) is 11.4 Å². The number of hydrogen-bond donors (Lipinski definition) is 0. The maximum absolute atomic E-state index is 12.9. The van der Waals surface area contributed by atoms with Crippen LogP contribution >= 0.6 is 0 Å². The number of rotatable bonds is 1. The molecule has 25 heavy (non-hydrogen) atoms. The smallest absolute Gasteiger partial charge is 0.337 e. The van der Waals surface area contributed by atoms with Gasteiger partial charge < -0.3 is 4.74 Å². The van der Waals surface area contributed by atoms with Gasteiger partial charge in [0, 0.05) is 11.1 Å². The van der Waals surface area contributed by atoms with E-state index in [0.717, 1.165) is 5.56 Å². The number of benzene rings is 2. The van der Waals surface area contributed by atoms with Gasteiger partial charge in [-0.15, -0.1) is 0 Å². The number of carbonyl (C=O) groups is 3. The van der Waals surface area contributed by atoms with Crippen LogP contribution in [0.5, 0.6) is 0 Å². The zero-order chi connectivity index (χ0) is 17.9. The van der Waals surface area contributed by atoms with E-state index in [0.29, 0.717) is 22.5 Å². The third-order valence-corrected chi connectivity index (χ3v) is 4.72. The van der Waals surface area contributed by atoms with E-state index in [2.05, 4.69) is 0 Å². The van der Waals surface area contributed by atoms with Gasteiger partial charge in [-0.3, -0.25) is 9.59 Å². The van der Waals surface area contributed by atoms with Crippen LogP contribution in [0.1, 0.15) is 24.2 Å². The Morgan fingerprint density at radius 1 is 0.920 bits per heavy atom. The Balaban J connectivity index is 2.01. The molecule has 0 atom stereocenters. The zero-order valence-electron chi connectivity index (χ0n) is 14.1. The number of hydrazine groups is 1. The van der Waals surface area contributed by atoms with Crippen molar-refractivity contribution in [2.75, 3.05) is 17.1 Å². The van der Waals surface area contributed by atoms with Crippen molar-refractivity contribution in [3.8, 4) is 11.1 Å². The molecule has 6 heteroatoms. The summed E-state index contributed by atoms with van der Waals surface area (Å²) >= 11 is 0. The number of esters is 1. The quantitative estimate of drug-likeness (QED) is 0.593. The van der Waals surface area contributed by atoms with Crippen LogP contribution in [-0.2, 0) is 14.3 Å². The van der Waals surface area contributed by atoms with Gasteiger partial charge in [0.25, 0.3) is 11.8 Å². The summed E-state index contributed by atoms with van der Waals surface area (Å²) in [6.45, 7) is 3.25. The second kappa shape index (κ2) is 4.92. The predicted molar refractivity (Wildman–Crippen MR) is 92.0 cm³/mol.